The molecule has 42 heavy (non-hydrogen) atoms. The maximum absolute atomic E-state index is 15.5. The molecule has 2 aliphatic carbocycles. The SMILES string of the molecule is C=C(C)[C@@H](CC=C(C)C)C[C@@]12C[C@H](CC=C(C)C)C(C)(C)[C@@](C(=O)c3ccccc3)(C1=O)C1=C(C=CC(C)(C)O1)C2=O. The lowest BCUT2D eigenvalue weighted by Gasteiger charge is -2.61. The van der Waals surface area contributed by atoms with Gasteiger partial charge in [-0.15, -0.1) is 0 Å². The number of hydrogen-bond donors (Lipinski definition) is 0. The summed E-state index contributed by atoms with van der Waals surface area (Å²) < 4.78 is 6.62. The van der Waals surface area contributed by atoms with E-state index in [-0.39, 0.29) is 34.9 Å². The highest BCUT2D eigenvalue weighted by Crippen LogP contribution is 2.68. The van der Waals surface area contributed by atoms with Crippen LogP contribution in [-0.2, 0) is 14.3 Å². The maximum atomic E-state index is 15.5. The number of benzene rings is 1. The third kappa shape index (κ3) is 5.01. The molecule has 0 aromatic heterocycles. The molecule has 224 valence electrons. The Hall–Kier alpha value is -3.27. The lowest BCUT2D eigenvalue weighted by atomic mass is 9.39. The van der Waals surface area contributed by atoms with Crippen molar-refractivity contribution in [1.29, 1.82) is 0 Å². The number of fused-ring (bicyclic) bond motifs is 3. The lowest BCUT2D eigenvalue weighted by Crippen LogP contribution is -2.69. The van der Waals surface area contributed by atoms with Gasteiger partial charge >= 0.3 is 0 Å². The van der Waals surface area contributed by atoms with Crippen LogP contribution in [0.1, 0.15) is 98.4 Å². The number of hydrogen-bond acceptors (Lipinski definition) is 4. The van der Waals surface area contributed by atoms with E-state index in [9.17, 15) is 4.79 Å². The number of rotatable bonds is 9. The second kappa shape index (κ2) is 11.1. The van der Waals surface area contributed by atoms with Crippen molar-refractivity contribution >= 4 is 17.3 Å². The normalized spacial score (nSPS) is 27.9. The zero-order valence-corrected chi connectivity index (χ0v) is 27.0. The summed E-state index contributed by atoms with van der Waals surface area (Å²) in [7, 11) is 0. The number of carbonyl (C=O) groups excluding carboxylic acids is 3. The van der Waals surface area contributed by atoms with E-state index in [0.29, 0.717) is 36.8 Å². The smallest absolute Gasteiger partial charge is 0.184 e. The van der Waals surface area contributed by atoms with Crippen molar-refractivity contribution < 1.29 is 19.1 Å². The average Bonchev–Trinajstić information content (AvgIpc) is 2.90. The molecule has 0 saturated heterocycles. The van der Waals surface area contributed by atoms with E-state index >= 15 is 9.59 Å². The standard InChI is InChI=1S/C38H48O4/c1-24(2)16-18-28(26(5)6)22-37-23-29(19-17-25(3)4)36(9,10)38(34(37)41,31(39)27-14-12-11-13-15-27)33-30(32(37)40)20-21-35(7,8)42-33/h11-17,20-21,28-29H,5,18-19,22-23H2,1-4,6-10H3/t28-,29-,37-,38+/m0/s1. The Morgan fingerprint density at radius 3 is 2.19 bits per heavy atom. The van der Waals surface area contributed by atoms with Crippen molar-refractivity contribution in [2.24, 2.45) is 28.1 Å². The Bertz CT molecular complexity index is 1420. The second-order valence-corrected chi connectivity index (χ2v) is 14.4. The van der Waals surface area contributed by atoms with E-state index in [1.54, 1.807) is 12.1 Å². The van der Waals surface area contributed by atoms with Crippen LogP contribution in [0.3, 0.4) is 0 Å². The van der Waals surface area contributed by atoms with Gasteiger partial charge in [-0.3, -0.25) is 14.4 Å². The first-order valence-corrected chi connectivity index (χ1v) is 15.3. The Morgan fingerprint density at radius 2 is 1.62 bits per heavy atom. The molecule has 0 N–H and O–H groups in total. The molecule has 3 aliphatic rings. The first-order valence-electron chi connectivity index (χ1n) is 15.3. The van der Waals surface area contributed by atoms with Gasteiger partial charge in [0.1, 0.15) is 11.4 Å². The zero-order valence-electron chi connectivity index (χ0n) is 27.0. The Kier molecular flexibility index (Phi) is 8.36. The lowest BCUT2D eigenvalue weighted by molar-refractivity contribution is -0.168. The molecule has 0 amide bonds. The van der Waals surface area contributed by atoms with Gasteiger partial charge < -0.3 is 4.74 Å². The molecular formula is C38H48O4. The summed E-state index contributed by atoms with van der Waals surface area (Å²) in [5, 5.41) is 0. The van der Waals surface area contributed by atoms with Crippen LogP contribution in [0.4, 0.5) is 0 Å². The molecule has 4 heteroatoms. The van der Waals surface area contributed by atoms with Crippen molar-refractivity contribution in [1.82, 2.24) is 0 Å². The van der Waals surface area contributed by atoms with E-state index in [1.807, 2.05) is 65.0 Å². The predicted molar refractivity (Wildman–Crippen MR) is 170 cm³/mol. The Labute approximate surface area is 252 Å². The Morgan fingerprint density at radius 1 is 1.00 bits per heavy atom. The summed E-state index contributed by atoms with van der Waals surface area (Å²) in [6, 6.07) is 9.05. The molecule has 1 aliphatic heterocycles. The molecular weight excluding hydrogens is 520 g/mol. The van der Waals surface area contributed by atoms with Crippen LogP contribution in [0.15, 0.2) is 89.3 Å². The molecule has 1 saturated carbocycles. The van der Waals surface area contributed by atoms with Crippen LogP contribution in [0.2, 0.25) is 0 Å². The quantitative estimate of drug-likeness (QED) is 0.169. The number of ether oxygens (including phenoxy) is 1. The third-order valence-corrected chi connectivity index (χ3v) is 9.93. The van der Waals surface area contributed by atoms with E-state index in [0.717, 1.165) is 11.1 Å². The fourth-order valence-electron chi connectivity index (χ4n) is 7.33. The summed E-state index contributed by atoms with van der Waals surface area (Å²) in [5.74, 6) is -0.783. The van der Waals surface area contributed by atoms with Gasteiger partial charge in [0.15, 0.2) is 22.8 Å². The highest BCUT2D eigenvalue weighted by Gasteiger charge is 2.75. The molecule has 1 aromatic rings. The molecule has 0 unspecified atom stereocenters. The van der Waals surface area contributed by atoms with Gasteiger partial charge in [-0.1, -0.05) is 79.6 Å². The molecule has 1 heterocycles. The van der Waals surface area contributed by atoms with E-state index in [2.05, 4.69) is 46.4 Å². The van der Waals surface area contributed by atoms with Crippen LogP contribution in [0.25, 0.3) is 0 Å². The highest BCUT2D eigenvalue weighted by molar-refractivity contribution is 6.30. The maximum Gasteiger partial charge on any atom is 0.184 e. The monoisotopic (exact) mass is 568 g/mol. The van der Waals surface area contributed by atoms with Gasteiger partial charge in [0.05, 0.1) is 11.0 Å². The third-order valence-electron chi connectivity index (χ3n) is 9.93. The van der Waals surface area contributed by atoms with Crippen LogP contribution < -0.4 is 0 Å². The minimum atomic E-state index is -1.66. The van der Waals surface area contributed by atoms with Crippen LogP contribution in [-0.4, -0.2) is 23.0 Å². The van der Waals surface area contributed by atoms with E-state index in [4.69, 9.17) is 4.74 Å². The van der Waals surface area contributed by atoms with Gasteiger partial charge in [-0.05, 0) is 104 Å². The largest absolute Gasteiger partial charge is 0.486 e. The van der Waals surface area contributed by atoms with E-state index in [1.165, 1.54) is 5.57 Å². The predicted octanol–water partition coefficient (Wildman–Crippen LogP) is 8.95. The van der Waals surface area contributed by atoms with Crippen molar-refractivity contribution in [3.63, 3.8) is 0 Å². The first-order chi connectivity index (χ1) is 19.5. The van der Waals surface area contributed by atoms with Gasteiger partial charge in [0.2, 0.25) is 0 Å². The average molecular weight is 569 g/mol. The van der Waals surface area contributed by atoms with Crippen LogP contribution in [0.5, 0.6) is 0 Å². The summed E-state index contributed by atoms with van der Waals surface area (Å²) >= 11 is 0. The van der Waals surface area contributed by atoms with Gasteiger partial charge in [0, 0.05) is 5.56 Å². The zero-order chi connectivity index (χ0) is 31.3. The minimum absolute atomic E-state index is 0.0882. The first kappa shape index (κ1) is 31.7. The molecule has 4 atom stereocenters. The summed E-state index contributed by atoms with van der Waals surface area (Å²) in [5.41, 5.74) is -0.549. The topological polar surface area (TPSA) is 60.4 Å². The highest BCUT2D eigenvalue weighted by atomic mass is 16.5. The number of allylic oxidation sites excluding steroid dienone is 8. The number of carbonyl (C=O) groups is 3. The number of ketones is 3. The summed E-state index contributed by atoms with van der Waals surface area (Å²) in [6.45, 7) is 22.3. The second-order valence-electron chi connectivity index (χ2n) is 14.4. The number of Topliss-reactive ketones (excluding diaryl/α,β-unsaturated/α-hetero) is 3. The molecule has 1 fully saturated rings. The van der Waals surface area contributed by atoms with E-state index < -0.39 is 21.8 Å². The fraction of sp³-hybridized carbons (Fsp3) is 0.500. The van der Waals surface area contributed by atoms with Crippen molar-refractivity contribution in [2.45, 2.75) is 93.6 Å². The van der Waals surface area contributed by atoms with Gasteiger partial charge in [0.25, 0.3) is 0 Å². The van der Waals surface area contributed by atoms with Crippen molar-refractivity contribution in [3.05, 3.63) is 94.8 Å². The molecule has 2 bridgehead atoms. The van der Waals surface area contributed by atoms with Crippen LogP contribution >= 0.6 is 0 Å². The molecule has 0 radical (unpaired) electrons. The fourth-order valence-corrected chi connectivity index (χ4v) is 7.33. The summed E-state index contributed by atoms with van der Waals surface area (Å²) in [4.78, 5) is 45.4. The Balaban J connectivity index is 2.09. The van der Waals surface area contributed by atoms with Crippen LogP contribution in [0, 0.1) is 28.1 Å². The molecule has 4 rings (SSSR count). The van der Waals surface area contributed by atoms with Crippen molar-refractivity contribution in [3.8, 4) is 0 Å². The molecule has 4 nitrogen and oxygen atoms in total. The summed E-state index contributed by atoms with van der Waals surface area (Å²) in [6.07, 6.45) is 10.1. The molecule has 0 spiro atoms. The van der Waals surface area contributed by atoms with Crippen molar-refractivity contribution in [2.75, 3.05) is 0 Å². The molecule has 1 aromatic carbocycles. The van der Waals surface area contributed by atoms with Gasteiger partial charge in [-0.25, -0.2) is 0 Å². The van der Waals surface area contributed by atoms with Gasteiger partial charge in [-0.2, -0.15) is 0 Å². The minimum Gasteiger partial charge on any atom is -0.486 e.